The average molecular weight is 422 g/mol. The van der Waals surface area contributed by atoms with Gasteiger partial charge < -0.3 is 14.2 Å². The molecule has 1 aromatic carbocycles. The highest BCUT2D eigenvalue weighted by molar-refractivity contribution is 6.01. The number of benzene rings is 1. The van der Waals surface area contributed by atoms with Crippen molar-refractivity contribution in [2.75, 3.05) is 18.1 Å². The van der Waals surface area contributed by atoms with E-state index >= 15 is 0 Å². The molecular weight excluding hydrogens is 390 g/mol. The Kier molecular flexibility index (Phi) is 8.21. The van der Waals surface area contributed by atoms with E-state index in [4.69, 9.17) is 4.74 Å². The quantitative estimate of drug-likeness (QED) is 0.355. The van der Waals surface area contributed by atoms with Crippen LogP contribution in [0.5, 0.6) is 0 Å². The highest BCUT2D eigenvalue weighted by Crippen LogP contribution is 2.21. The maximum Gasteiger partial charge on any atom is 0.349 e. The molecule has 0 N–H and O–H groups in total. The third-order valence-electron chi connectivity index (χ3n) is 5.15. The molecule has 1 aromatic heterocycles. The summed E-state index contributed by atoms with van der Waals surface area (Å²) in [6.45, 7) is 12.9. The predicted octanol–water partition coefficient (Wildman–Crippen LogP) is 4.57. The summed E-state index contributed by atoms with van der Waals surface area (Å²) >= 11 is 0. The molecule has 0 atom stereocenters. The van der Waals surface area contributed by atoms with Crippen LogP contribution < -0.4 is 4.90 Å². The molecule has 0 aliphatic rings. The molecule has 0 bridgehead atoms. The number of aryl methyl sites for hydroxylation is 2. The summed E-state index contributed by atoms with van der Waals surface area (Å²) in [6, 6.07) is 11.4. The second-order valence-corrected chi connectivity index (χ2v) is 8.00. The second-order valence-electron chi connectivity index (χ2n) is 8.00. The molecular formula is C25H31N3O3. The molecule has 31 heavy (non-hydrogen) atoms. The van der Waals surface area contributed by atoms with Crippen LogP contribution in [0.4, 0.5) is 5.69 Å². The van der Waals surface area contributed by atoms with Crippen LogP contribution in [0.25, 0.3) is 6.08 Å². The van der Waals surface area contributed by atoms with E-state index in [1.54, 1.807) is 4.90 Å². The maximum atomic E-state index is 12.6. The molecule has 6 nitrogen and oxygen atoms in total. The van der Waals surface area contributed by atoms with Gasteiger partial charge in [-0.1, -0.05) is 32.0 Å². The van der Waals surface area contributed by atoms with Gasteiger partial charge in [-0.3, -0.25) is 4.79 Å². The van der Waals surface area contributed by atoms with Crippen molar-refractivity contribution in [2.45, 2.75) is 48.1 Å². The van der Waals surface area contributed by atoms with Crippen molar-refractivity contribution < 1.29 is 14.3 Å². The van der Waals surface area contributed by atoms with Gasteiger partial charge in [-0.15, -0.1) is 0 Å². The van der Waals surface area contributed by atoms with Crippen LogP contribution in [0.3, 0.4) is 0 Å². The molecule has 0 saturated carbocycles. The number of para-hydroxylation sites is 1. The number of amides is 1. The van der Waals surface area contributed by atoms with Crippen molar-refractivity contribution in [3.8, 4) is 6.07 Å². The number of carbonyl (C=O) groups excluding carboxylic acids is 2. The number of likely N-dealkylation sites (N-methyl/N-ethyl adjacent to an activating group) is 1. The number of esters is 1. The van der Waals surface area contributed by atoms with E-state index in [0.717, 1.165) is 34.7 Å². The van der Waals surface area contributed by atoms with Crippen LogP contribution in [0.15, 0.2) is 35.9 Å². The first kappa shape index (κ1) is 23.9. The van der Waals surface area contributed by atoms with Crippen molar-refractivity contribution in [3.05, 3.63) is 58.4 Å². The van der Waals surface area contributed by atoms with Gasteiger partial charge in [-0.05, 0) is 62.9 Å². The molecule has 0 unspecified atom stereocenters. The zero-order valence-electron chi connectivity index (χ0n) is 19.2. The zero-order chi connectivity index (χ0) is 23.1. The number of ether oxygens (including phenoxy) is 1. The number of hydrogen-bond acceptors (Lipinski definition) is 4. The molecule has 2 aromatic rings. The van der Waals surface area contributed by atoms with Gasteiger partial charge in [0.25, 0.3) is 5.91 Å². The van der Waals surface area contributed by atoms with Crippen LogP contribution in [0.2, 0.25) is 0 Å². The number of carbonyl (C=O) groups is 2. The third-order valence-corrected chi connectivity index (χ3v) is 5.15. The number of aromatic nitrogens is 1. The Morgan fingerprint density at radius 1 is 1.23 bits per heavy atom. The molecule has 0 saturated heterocycles. The van der Waals surface area contributed by atoms with Crippen LogP contribution in [0.1, 0.15) is 43.3 Å². The highest BCUT2D eigenvalue weighted by Gasteiger charge is 2.20. The normalized spacial score (nSPS) is 11.4. The van der Waals surface area contributed by atoms with Crippen molar-refractivity contribution in [3.63, 3.8) is 0 Å². The summed E-state index contributed by atoms with van der Waals surface area (Å²) in [5.41, 5.74) is 4.46. The Labute approximate surface area is 184 Å². The van der Waals surface area contributed by atoms with Crippen molar-refractivity contribution in [1.82, 2.24) is 4.57 Å². The minimum atomic E-state index is -0.801. The van der Waals surface area contributed by atoms with Gasteiger partial charge in [0.15, 0.2) is 6.61 Å². The van der Waals surface area contributed by atoms with Gasteiger partial charge in [0, 0.05) is 30.2 Å². The topological polar surface area (TPSA) is 75.3 Å². The SMILES string of the molecule is CCN(C(=O)COC(=O)/C(C#N)=C/c1cc(C)n(CC(C)C)c1C)c1ccccc1C. The smallest absolute Gasteiger partial charge is 0.349 e. The van der Waals surface area contributed by atoms with Crippen molar-refractivity contribution >= 4 is 23.6 Å². The van der Waals surface area contributed by atoms with Crippen LogP contribution in [-0.4, -0.2) is 29.6 Å². The highest BCUT2D eigenvalue weighted by atomic mass is 16.5. The largest absolute Gasteiger partial charge is 0.451 e. The molecule has 0 aliphatic heterocycles. The molecule has 2 rings (SSSR count). The summed E-state index contributed by atoms with van der Waals surface area (Å²) < 4.78 is 7.36. The first-order valence-electron chi connectivity index (χ1n) is 10.5. The minimum Gasteiger partial charge on any atom is -0.451 e. The van der Waals surface area contributed by atoms with E-state index in [0.29, 0.717) is 12.5 Å². The van der Waals surface area contributed by atoms with Crippen LogP contribution >= 0.6 is 0 Å². The number of rotatable bonds is 8. The second kappa shape index (κ2) is 10.6. The Balaban J connectivity index is 2.14. The summed E-state index contributed by atoms with van der Waals surface area (Å²) in [4.78, 5) is 26.7. The molecule has 0 radical (unpaired) electrons. The molecule has 0 aliphatic carbocycles. The average Bonchev–Trinajstić information content (AvgIpc) is 2.99. The molecule has 6 heteroatoms. The van der Waals surface area contributed by atoms with Gasteiger partial charge in [0.1, 0.15) is 11.6 Å². The summed E-state index contributed by atoms with van der Waals surface area (Å²) in [7, 11) is 0. The van der Waals surface area contributed by atoms with Crippen LogP contribution in [0, 0.1) is 38.0 Å². The standard InChI is InChI=1S/C25H31N3O3/c1-7-27(23-11-9-8-10-18(23)4)24(29)16-31-25(30)22(14-26)13-21-12-19(5)28(20(21)6)15-17(2)3/h8-13,17H,7,15-16H2,1-6H3/b22-13+. The molecule has 1 amide bonds. The van der Waals surface area contributed by atoms with Gasteiger partial charge in [-0.25, -0.2) is 4.79 Å². The number of hydrogen-bond donors (Lipinski definition) is 0. The van der Waals surface area contributed by atoms with E-state index in [1.807, 2.05) is 64.1 Å². The lowest BCUT2D eigenvalue weighted by atomic mass is 10.1. The third kappa shape index (κ3) is 5.85. The Morgan fingerprint density at radius 3 is 2.48 bits per heavy atom. The Hall–Kier alpha value is -3.33. The van der Waals surface area contributed by atoms with Gasteiger partial charge in [0.2, 0.25) is 0 Å². The maximum absolute atomic E-state index is 12.6. The van der Waals surface area contributed by atoms with E-state index in [-0.39, 0.29) is 11.5 Å². The first-order chi connectivity index (χ1) is 14.7. The number of nitriles is 1. The van der Waals surface area contributed by atoms with Crippen molar-refractivity contribution in [2.24, 2.45) is 5.92 Å². The Bertz CT molecular complexity index is 1030. The fourth-order valence-corrected chi connectivity index (χ4v) is 3.54. The Morgan fingerprint density at radius 2 is 1.90 bits per heavy atom. The van der Waals surface area contributed by atoms with E-state index in [1.165, 1.54) is 6.08 Å². The number of nitrogens with zero attached hydrogens (tertiary/aromatic N) is 3. The minimum absolute atomic E-state index is 0.128. The number of anilines is 1. The zero-order valence-corrected chi connectivity index (χ0v) is 19.2. The molecule has 1 heterocycles. The monoisotopic (exact) mass is 421 g/mol. The van der Waals surface area contributed by atoms with Crippen molar-refractivity contribution in [1.29, 1.82) is 5.26 Å². The predicted molar refractivity (Wildman–Crippen MR) is 122 cm³/mol. The molecule has 0 spiro atoms. The lowest BCUT2D eigenvalue weighted by Crippen LogP contribution is -2.35. The fraction of sp³-hybridized carbons (Fsp3) is 0.400. The van der Waals surface area contributed by atoms with E-state index in [9.17, 15) is 14.9 Å². The summed E-state index contributed by atoms with van der Waals surface area (Å²) in [5.74, 6) is -0.661. The molecule has 164 valence electrons. The van der Waals surface area contributed by atoms with E-state index in [2.05, 4.69) is 18.4 Å². The molecule has 0 fully saturated rings. The fourth-order valence-electron chi connectivity index (χ4n) is 3.54. The van der Waals surface area contributed by atoms with Gasteiger partial charge in [-0.2, -0.15) is 5.26 Å². The van der Waals surface area contributed by atoms with E-state index < -0.39 is 12.6 Å². The lowest BCUT2D eigenvalue weighted by molar-refractivity contribution is -0.143. The van der Waals surface area contributed by atoms with Gasteiger partial charge in [0.05, 0.1) is 0 Å². The lowest BCUT2D eigenvalue weighted by Gasteiger charge is -2.22. The summed E-state index contributed by atoms with van der Waals surface area (Å²) in [6.07, 6.45) is 1.53. The summed E-state index contributed by atoms with van der Waals surface area (Å²) in [5, 5.41) is 9.48. The first-order valence-corrected chi connectivity index (χ1v) is 10.5. The van der Waals surface area contributed by atoms with Crippen LogP contribution in [-0.2, 0) is 20.9 Å². The van der Waals surface area contributed by atoms with Gasteiger partial charge >= 0.3 is 5.97 Å².